The maximum absolute atomic E-state index is 12.5. The number of ether oxygens (including phenoxy) is 1. The zero-order valence-corrected chi connectivity index (χ0v) is 22.5. The molecule has 2 aromatic carbocycles. The molecule has 1 unspecified atom stereocenters. The largest absolute Gasteiger partial charge is 0.490 e. The fourth-order valence-electron chi connectivity index (χ4n) is 4.14. The minimum Gasteiger partial charge on any atom is -0.475 e. The van der Waals surface area contributed by atoms with Crippen molar-refractivity contribution in [3.8, 4) is 11.5 Å². The number of anilines is 1. The summed E-state index contributed by atoms with van der Waals surface area (Å²) in [5.41, 5.74) is 8.38. The number of carboxylic acids is 1. The van der Waals surface area contributed by atoms with Crippen LogP contribution in [-0.2, 0) is 16.0 Å². The Morgan fingerprint density at radius 2 is 1.61 bits per heavy atom. The molecule has 0 radical (unpaired) electrons. The quantitative estimate of drug-likeness (QED) is 0.314. The molecule has 1 aromatic heterocycles. The molecule has 0 bridgehead atoms. The van der Waals surface area contributed by atoms with Crippen LogP contribution in [0.25, 0.3) is 0 Å². The van der Waals surface area contributed by atoms with Gasteiger partial charge in [0.05, 0.1) is 6.04 Å². The van der Waals surface area contributed by atoms with Gasteiger partial charge in [0, 0.05) is 50.8 Å². The van der Waals surface area contributed by atoms with E-state index in [0.717, 1.165) is 56.2 Å². The van der Waals surface area contributed by atoms with Gasteiger partial charge in [-0.3, -0.25) is 14.7 Å². The molecule has 0 aliphatic carbocycles. The minimum absolute atomic E-state index is 0.114. The lowest BCUT2D eigenvalue weighted by atomic mass is 10.1. The number of carbonyl (C=O) groups excluding carboxylic acids is 1. The van der Waals surface area contributed by atoms with Crippen LogP contribution in [0.1, 0.15) is 12.0 Å². The number of halogens is 3. The summed E-state index contributed by atoms with van der Waals surface area (Å²) in [6, 6.07) is 20.9. The number of para-hydroxylation sites is 1. The number of aliphatic carboxylic acids is 1. The summed E-state index contributed by atoms with van der Waals surface area (Å²) >= 11 is 0. The van der Waals surface area contributed by atoms with Gasteiger partial charge in [-0.1, -0.05) is 30.3 Å². The lowest BCUT2D eigenvalue weighted by molar-refractivity contribution is -0.192. The number of amides is 1. The molecule has 1 fully saturated rings. The van der Waals surface area contributed by atoms with E-state index in [1.165, 1.54) is 5.69 Å². The molecule has 1 aliphatic rings. The van der Waals surface area contributed by atoms with Crippen molar-refractivity contribution in [3.63, 3.8) is 0 Å². The number of carboxylic acid groups (broad SMARTS) is 1. The van der Waals surface area contributed by atoms with Crippen LogP contribution in [0.5, 0.6) is 11.5 Å². The predicted octanol–water partition coefficient (Wildman–Crippen LogP) is 3.71. The zero-order valence-electron chi connectivity index (χ0n) is 22.5. The summed E-state index contributed by atoms with van der Waals surface area (Å²) in [4.78, 5) is 30.3. The van der Waals surface area contributed by atoms with Gasteiger partial charge in [-0.05, 0) is 61.3 Å². The Labute approximate surface area is 236 Å². The lowest BCUT2D eigenvalue weighted by Crippen LogP contribution is -2.47. The van der Waals surface area contributed by atoms with Crippen molar-refractivity contribution in [1.82, 2.24) is 15.2 Å². The molecule has 0 saturated carbocycles. The van der Waals surface area contributed by atoms with Crippen LogP contribution in [0.4, 0.5) is 18.9 Å². The zero-order chi connectivity index (χ0) is 29.7. The Balaban J connectivity index is 0.000000587. The van der Waals surface area contributed by atoms with Crippen LogP contribution >= 0.6 is 0 Å². The molecule has 3 aromatic rings. The predicted molar refractivity (Wildman–Crippen MR) is 149 cm³/mol. The highest BCUT2D eigenvalue weighted by atomic mass is 19.4. The number of hydrogen-bond acceptors (Lipinski definition) is 7. The van der Waals surface area contributed by atoms with E-state index in [2.05, 4.69) is 32.2 Å². The molecule has 0 spiro atoms. The highest BCUT2D eigenvalue weighted by Crippen LogP contribution is 2.22. The number of hydrogen-bond donors (Lipinski definition) is 3. The van der Waals surface area contributed by atoms with Crippen LogP contribution in [0, 0.1) is 0 Å². The number of benzene rings is 2. The summed E-state index contributed by atoms with van der Waals surface area (Å²) in [6.07, 6.45) is -0.0302. The van der Waals surface area contributed by atoms with Crippen LogP contribution in [0.3, 0.4) is 0 Å². The number of carbonyl (C=O) groups is 2. The van der Waals surface area contributed by atoms with Crippen LogP contribution < -0.4 is 20.7 Å². The van der Waals surface area contributed by atoms with Crippen LogP contribution in [0.15, 0.2) is 79.1 Å². The van der Waals surface area contributed by atoms with Gasteiger partial charge in [-0.2, -0.15) is 13.2 Å². The standard InChI is InChI=1S/C27H33N5O2.C2HF3O2/c28-26(21-22-6-4-9-25(20-22)34-24-7-2-1-3-8-24)27(33)30-12-5-15-31-16-18-32(19-17-31)23-10-13-29-14-11-23;3-2(4,5)1(6)7/h1-4,6-11,13-14,20,26H,5,12,15-19,21,28H2,(H,30,33);(H,6,7). The van der Waals surface area contributed by atoms with Gasteiger partial charge in [-0.15, -0.1) is 0 Å². The first-order valence-corrected chi connectivity index (χ1v) is 13.1. The van der Waals surface area contributed by atoms with Crippen LogP contribution in [0.2, 0.25) is 0 Å². The minimum atomic E-state index is -5.08. The van der Waals surface area contributed by atoms with Gasteiger partial charge in [-0.25, -0.2) is 4.79 Å². The van der Waals surface area contributed by atoms with Crippen molar-refractivity contribution in [1.29, 1.82) is 0 Å². The molecular formula is C29H34F3N5O4. The maximum Gasteiger partial charge on any atom is 0.490 e. The smallest absolute Gasteiger partial charge is 0.475 e. The first kappa shape index (κ1) is 31.4. The third-order valence-electron chi connectivity index (χ3n) is 6.26. The van der Waals surface area contributed by atoms with Gasteiger partial charge >= 0.3 is 12.1 Å². The third-order valence-corrected chi connectivity index (χ3v) is 6.26. The molecule has 1 atom stereocenters. The van der Waals surface area contributed by atoms with Crippen LogP contribution in [-0.4, -0.2) is 78.4 Å². The highest BCUT2D eigenvalue weighted by molar-refractivity contribution is 5.81. The summed E-state index contributed by atoms with van der Waals surface area (Å²) in [5.74, 6) is -1.36. The number of rotatable bonds is 10. The van der Waals surface area contributed by atoms with Crippen molar-refractivity contribution in [2.75, 3.05) is 44.2 Å². The fourth-order valence-corrected chi connectivity index (χ4v) is 4.14. The second-order valence-corrected chi connectivity index (χ2v) is 9.35. The summed E-state index contributed by atoms with van der Waals surface area (Å²) < 4.78 is 37.6. The van der Waals surface area contributed by atoms with Gasteiger partial charge < -0.3 is 25.8 Å². The number of nitrogens with one attached hydrogen (secondary N) is 1. The Morgan fingerprint density at radius 1 is 0.976 bits per heavy atom. The number of pyridine rings is 1. The van der Waals surface area contributed by atoms with E-state index >= 15 is 0 Å². The van der Waals surface area contributed by atoms with Gasteiger partial charge in [0.2, 0.25) is 5.91 Å². The monoisotopic (exact) mass is 573 g/mol. The number of aromatic nitrogens is 1. The van der Waals surface area contributed by atoms with E-state index in [4.69, 9.17) is 20.4 Å². The maximum atomic E-state index is 12.5. The van der Waals surface area contributed by atoms with Crippen molar-refractivity contribution in [2.24, 2.45) is 5.73 Å². The molecule has 2 heterocycles. The van der Waals surface area contributed by atoms with Crippen molar-refractivity contribution in [2.45, 2.75) is 25.1 Å². The van der Waals surface area contributed by atoms with E-state index in [0.29, 0.717) is 13.0 Å². The van der Waals surface area contributed by atoms with E-state index < -0.39 is 18.2 Å². The third kappa shape index (κ3) is 11.1. The van der Waals surface area contributed by atoms with Crippen molar-refractivity contribution in [3.05, 3.63) is 84.7 Å². The molecule has 4 N–H and O–H groups in total. The average molecular weight is 574 g/mol. The molecule has 41 heavy (non-hydrogen) atoms. The SMILES string of the molecule is NC(Cc1cccc(Oc2ccccc2)c1)C(=O)NCCCN1CCN(c2ccncc2)CC1.O=C(O)C(F)(F)F. The summed E-state index contributed by atoms with van der Waals surface area (Å²) in [7, 11) is 0. The molecule has 1 saturated heterocycles. The molecular weight excluding hydrogens is 539 g/mol. The van der Waals surface area contributed by atoms with E-state index in [1.807, 2.05) is 67.0 Å². The fraction of sp³-hybridized carbons (Fsp3) is 0.345. The first-order valence-electron chi connectivity index (χ1n) is 13.1. The Hall–Kier alpha value is -4.16. The molecule has 220 valence electrons. The first-order chi connectivity index (χ1) is 19.6. The second-order valence-electron chi connectivity index (χ2n) is 9.35. The number of piperazine rings is 1. The summed E-state index contributed by atoms with van der Waals surface area (Å²) in [6.45, 7) is 5.67. The number of alkyl halides is 3. The van der Waals surface area contributed by atoms with E-state index in [9.17, 15) is 18.0 Å². The molecule has 1 amide bonds. The Morgan fingerprint density at radius 3 is 2.24 bits per heavy atom. The van der Waals surface area contributed by atoms with Gasteiger partial charge in [0.1, 0.15) is 11.5 Å². The molecule has 1 aliphatic heterocycles. The normalized spacial score (nSPS) is 14.4. The van der Waals surface area contributed by atoms with Crippen molar-refractivity contribution < 1.29 is 32.6 Å². The Kier molecular flexibility index (Phi) is 11.9. The second kappa shape index (κ2) is 15.6. The molecule has 12 heteroatoms. The number of nitrogens with two attached hydrogens (primary N) is 1. The van der Waals surface area contributed by atoms with E-state index in [1.54, 1.807) is 0 Å². The Bertz CT molecular complexity index is 1220. The molecule has 9 nitrogen and oxygen atoms in total. The summed E-state index contributed by atoms with van der Waals surface area (Å²) in [5, 5.41) is 10.1. The highest BCUT2D eigenvalue weighted by Gasteiger charge is 2.38. The lowest BCUT2D eigenvalue weighted by Gasteiger charge is -2.36. The van der Waals surface area contributed by atoms with Gasteiger partial charge in [0.25, 0.3) is 0 Å². The van der Waals surface area contributed by atoms with Gasteiger partial charge in [0.15, 0.2) is 0 Å². The number of nitrogens with zero attached hydrogens (tertiary/aromatic N) is 3. The van der Waals surface area contributed by atoms with Crippen molar-refractivity contribution >= 4 is 17.6 Å². The topological polar surface area (TPSA) is 121 Å². The van der Waals surface area contributed by atoms with E-state index in [-0.39, 0.29) is 5.91 Å². The molecule has 4 rings (SSSR count). The average Bonchev–Trinajstić information content (AvgIpc) is 2.96.